The highest BCUT2D eigenvalue weighted by molar-refractivity contribution is 14.1. The van der Waals surface area contributed by atoms with Crippen molar-refractivity contribution in [1.82, 2.24) is 4.57 Å². The quantitative estimate of drug-likeness (QED) is 0.307. The fraction of sp³-hybridized carbons (Fsp3) is 0.188. The minimum Gasteiger partial charge on any atom is -0.340 e. The molecule has 0 aliphatic carbocycles. The zero-order valence-corrected chi connectivity index (χ0v) is 17.0. The number of Topliss-reactive ketones (excluding diaryl/α,β-unsaturated/α-hetero) is 1. The van der Waals surface area contributed by atoms with E-state index in [1.807, 2.05) is 0 Å². The molecule has 5 heteroatoms. The number of carbonyl (C=O) groups is 1. The molecule has 0 saturated carbocycles. The van der Waals surface area contributed by atoms with E-state index in [-0.39, 0.29) is 5.78 Å². The molecule has 1 heterocycles. The van der Waals surface area contributed by atoms with Gasteiger partial charge in [0.1, 0.15) is 5.78 Å². The molecule has 3 aromatic rings. The first kappa shape index (κ1) is 15.7. The summed E-state index contributed by atoms with van der Waals surface area (Å²) in [6, 6.07) is 13.0. The van der Waals surface area contributed by atoms with Crippen LogP contribution in [0.3, 0.4) is 0 Å². The molecule has 1 aromatic heterocycles. The molecule has 0 fully saturated rings. The number of nitrogens with zero attached hydrogens (tertiary/aromatic N) is 1. The van der Waals surface area contributed by atoms with Gasteiger partial charge in [-0.05, 0) is 81.6 Å². The number of aromatic nitrogens is 1. The van der Waals surface area contributed by atoms with E-state index in [9.17, 15) is 4.79 Å². The molecule has 3 rings (SSSR count). The Labute approximate surface area is 158 Å². The first-order valence-electron chi connectivity index (χ1n) is 6.55. The van der Waals surface area contributed by atoms with Crippen LogP contribution in [0.5, 0.6) is 0 Å². The summed E-state index contributed by atoms with van der Waals surface area (Å²) in [5.74, 6) is 0.237. The lowest BCUT2D eigenvalue weighted by atomic mass is 10.2. The number of fused-ring (bicyclic) bond motifs is 3. The summed E-state index contributed by atoms with van der Waals surface area (Å²) in [5.41, 5.74) is 2.41. The first-order valence-corrected chi connectivity index (χ1v) is 9.82. The van der Waals surface area contributed by atoms with Crippen molar-refractivity contribution in [2.75, 3.05) is 5.33 Å². The standard InChI is InChI=1S/C16H12BrI2NO/c17-9-12(21)5-6-20-15-3-1-10(18)7-13(15)14-8-11(19)2-4-16(14)20/h1-4,7-8H,5-6,9H2. The fourth-order valence-corrected chi connectivity index (χ4v) is 3.86. The van der Waals surface area contributed by atoms with Crippen LogP contribution in [0.4, 0.5) is 0 Å². The lowest BCUT2D eigenvalue weighted by Crippen LogP contribution is -2.06. The van der Waals surface area contributed by atoms with Crippen LogP contribution in [-0.2, 0) is 11.3 Å². The van der Waals surface area contributed by atoms with Gasteiger partial charge in [0.2, 0.25) is 0 Å². The van der Waals surface area contributed by atoms with Crippen molar-refractivity contribution in [3.8, 4) is 0 Å². The number of rotatable bonds is 4. The molecule has 2 aromatic carbocycles. The lowest BCUT2D eigenvalue weighted by Gasteiger charge is -2.06. The Morgan fingerprint density at radius 3 is 2.00 bits per heavy atom. The second-order valence-corrected chi connectivity index (χ2v) is 7.95. The largest absolute Gasteiger partial charge is 0.340 e. The molecule has 0 unspecified atom stereocenters. The monoisotopic (exact) mass is 567 g/mol. The number of carbonyl (C=O) groups excluding carboxylic acids is 1. The van der Waals surface area contributed by atoms with Gasteiger partial charge in [0.15, 0.2) is 0 Å². The highest BCUT2D eigenvalue weighted by Crippen LogP contribution is 2.31. The zero-order valence-electron chi connectivity index (χ0n) is 11.1. The maximum absolute atomic E-state index is 11.6. The molecule has 0 aliphatic rings. The predicted octanol–water partition coefficient (Wildman–Crippen LogP) is 5.36. The van der Waals surface area contributed by atoms with Crippen molar-refractivity contribution in [3.63, 3.8) is 0 Å². The summed E-state index contributed by atoms with van der Waals surface area (Å²) in [5, 5.41) is 2.96. The molecule has 0 spiro atoms. The Morgan fingerprint density at radius 2 is 1.52 bits per heavy atom. The third kappa shape index (κ3) is 3.14. The average molecular weight is 568 g/mol. The molecule has 0 saturated heterocycles. The molecule has 0 atom stereocenters. The number of benzene rings is 2. The van der Waals surface area contributed by atoms with Crippen LogP contribution >= 0.6 is 61.1 Å². The Bertz CT molecular complexity index is 782. The van der Waals surface area contributed by atoms with Crippen molar-refractivity contribution >= 4 is 88.7 Å². The minimum absolute atomic E-state index is 0.237. The Hall–Kier alpha value is -0.150. The van der Waals surface area contributed by atoms with E-state index >= 15 is 0 Å². The smallest absolute Gasteiger partial charge is 0.145 e. The molecule has 0 radical (unpaired) electrons. The SMILES string of the molecule is O=C(CBr)CCn1c2ccc(I)cc2c2cc(I)ccc21. The molecule has 0 N–H and O–H groups in total. The second kappa shape index (κ2) is 6.54. The molecule has 0 aliphatic heterocycles. The van der Waals surface area contributed by atoms with Gasteiger partial charge in [-0.1, -0.05) is 15.9 Å². The van der Waals surface area contributed by atoms with Gasteiger partial charge in [-0.3, -0.25) is 4.79 Å². The Morgan fingerprint density at radius 1 is 1.00 bits per heavy atom. The summed E-state index contributed by atoms with van der Waals surface area (Å²) >= 11 is 7.93. The summed E-state index contributed by atoms with van der Waals surface area (Å²) in [6.45, 7) is 0.728. The fourth-order valence-electron chi connectivity index (χ4n) is 2.59. The molecular weight excluding hydrogens is 556 g/mol. The van der Waals surface area contributed by atoms with Crippen LogP contribution in [0, 0.1) is 7.14 Å². The summed E-state index contributed by atoms with van der Waals surface area (Å²) in [4.78, 5) is 11.6. The van der Waals surface area contributed by atoms with Gasteiger partial charge in [0.25, 0.3) is 0 Å². The van der Waals surface area contributed by atoms with E-state index in [1.54, 1.807) is 0 Å². The van der Waals surface area contributed by atoms with Crippen LogP contribution in [0.15, 0.2) is 36.4 Å². The van der Waals surface area contributed by atoms with E-state index < -0.39 is 0 Å². The third-order valence-electron chi connectivity index (χ3n) is 3.55. The van der Waals surface area contributed by atoms with Gasteiger partial charge in [-0.25, -0.2) is 0 Å². The molecule has 0 bridgehead atoms. The zero-order chi connectivity index (χ0) is 15.0. The number of halogens is 3. The van der Waals surface area contributed by atoms with Gasteiger partial charge in [0.05, 0.1) is 5.33 Å². The Kier molecular flexibility index (Phi) is 4.90. The van der Waals surface area contributed by atoms with Gasteiger partial charge < -0.3 is 4.57 Å². The van der Waals surface area contributed by atoms with Crippen LogP contribution in [0.25, 0.3) is 21.8 Å². The molecule has 2 nitrogen and oxygen atoms in total. The van der Waals surface area contributed by atoms with Crippen LogP contribution in [-0.4, -0.2) is 15.7 Å². The lowest BCUT2D eigenvalue weighted by molar-refractivity contribution is -0.116. The molecular formula is C16H12BrI2NO. The van der Waals surface area contributed by atoms with Crippen molar-refractivity contribution in [2.45, 2.75) is 13.0 Å². The average Bonchev–Trinajstić information content (AvgIpc) is 2.77. The van der Waals surface area contributed by atoms with Crippen LogP contribution in [0.1, 0.15) is 6.42 Å². The van der Waals surface area contributed by atoms with Gasteiger partial charge >= 0.3 is 0 Å². The predicted molar refractivity (Wildman–Crippen MR) is 108 cm³/mol. The van der Waals surface area contributed by atoms with Crippen molar-refractivity contribution in [3.05, 3.63) is 43.5 Å². The number of alkyl halides is 1. The van der Waals surface area contributed by atoms with Crippen molar-refractivity contribution in [1.29, 1.82) is 0 Å². The first-order chi connectivity index (χ1) is 10.1. The third-order valence-corrected chi connectivity index (χ3v) is 5.52. The summed E-state index contributed by atoms with van der Waals surface area (Å²) < 4.78 is 4.72. The van der Waals surface area contributed by atoms with Crippen LogP contribution < -0.4 is 0 Å². The molecule has 21 heavy (non-hydrogen) atoms. The highest BCUT2D eigenvalue weighted by Gasteiger charge is 2.12. The topological polar surface area (TPSA) is 22.0 Å². The summed E-state index contributed by atoms with van der Waals surface area (Å²) in [7, 11) is 0. The normalized spacial score (nSPS) is 11.4. The van der Waals surface area contributed by atoms with E-state index in [0.717, 1.165) is 6.54 Å². The second-order valence-electron chi connectivity index (χ2n) is 4.90. The maximum Gasteiger partial charge on any atom is 0.145 e. The van der Waals surface area contributed by atoms with E-state index in [4.69, 9.17) is 0 Å². The van der Waals surface area contributed by atoms with Crippen molar-refractivity contribution in [2.24, 2.45) is 0 Å². The van der Waals surface area contributed by atoms with Crippen LogP contribution in [0.2, 0.25) is 0 Å². The van der Waals surface area contributed by atoms with E-state index in [2.05, 4.69) is 102 Å². The number of aryl methyl sites for hydroxylation is 1. The van der Waals surface area contributed by atoms with Gasteiger partial charge in [-0.15, -0.1) is 0 Å². The number of ketones is 1. The van der Waals surface area contributed by atoms with E-state index in [0.29, 0.717) is 11.8 Å². The molecule has 0 amide bonds. The molecule has 108 valence electrons. The maximum atomic E-state index is 11.6. The summed E-state index contributed by atoms with van der Waals surface area (Å²) in [6.07, 6.45) is 0.558. The van der Waals surface area contributed by atoms with Gasteiger partial charge in [-0.2, -0.15) is 0 Å². The number of hydrogen-bond acceptors (Lipinski definition) is 1. The van der Waals surface area contributed by atoms with E-state index in [1.165, 1.54) is 28.9 Å². The Balaban J connectivity index is 2.22. The number of hydrogen-bond donors (Lipinski definition) is 0. The van der Waals surface area contributed by atoms with Gasteiger partial charge in [0, 0.05) is 41.9 Å². The minimum atomic E-state index is 0.237. The highest BCUT2D eigenvalue weighted by atomic mass is 127. The van der Waals surface area contributed by atoms with Crippen molar-refractivity contribution < 1.29 is 4.79 Å².